The van der Waals surface area contributed by atoms with E-state index in [2.05, 4.69) is 20.9 Å². The summed E-state index contributed by atoms with van der Waals surface area (Å²) in [4.78, 5) is 16.8. The lowest BCUT2D eigenvalue weighted by atomic mass is 9.98. The maximum Gasteiger partial charge on any atom is 0.195 e. The molecule has 98 valence electrons. The van der Waals surface area contributed by atoms with E-state index in [4.69, 9.17) is 11.6 Å². The van der Waals surface area contributed by atoms with Crippen LogP contribution in [0.2, 0.25) is 5.02 Å². The number of carbonyl (C=O) groups excluding carboxylic acids is 1. The van der Waals surface area contributed by atoms with Gasteiger partial charge in [-0.05, 0) is 39.5 Å². The Balaban J connectivity index is 2.21. The summed E-state index contributed by atoms with van der Waals surface area (Å²) in [5.74, 6) is -0.0897. The largest absolute Gasteiger partial charge is 0.289 e. The molecule has 0 atom stereocenters. The van der Waals surface area contributed by atoms with Gasteiger partial charge in [0.15, 0.2) is 5.78 Å². The van der Waals surface area contributed by atoms with Gasteiger partial charge in [-0.3, -0.25) is 9.78 Å². The number of hydrogen-bond donors (Lipinski definition) is 0. The first-order chi connectivity index (χ1) is 9.68. The third-order valence-corrected chi connectivity index (χ3v) is 4.42. The summed E-state index contributed by atoms with van der Waals surface area (Å²) in [6.45, 7) is 0. The van der Waals surface area contributed by atoms with Gasteiger partial charge in [0.1, 0.15) is 0 Å². The Morgan fingerprint density at radius 1 is 1.05 bits per heavy atom. The average molecular weight is 347 g/mol. The van der Waals surface area contributed by atoms with Crippen LogP contribution in [0.15, 0.2) is 59.3 Å². The van der Waals surface area contributed by atoms with Crippen molar-refractivity contribution in [1.82, 2.24) is 4.98 Å². The van der Waals surface area contributed by atoms with Gasteiger partial charge in [-0.15, -0.1) is 0 Å². The minimum atomic E-state index is -0.0897. The van der Waals surface area contributed by atoms with Gasteiger partial charge in [-0.1, -0.05) is 35.9 Å². The van der Waals surface area contributed by atoms with Crippen LogP contribution in [-0.2, 0) is 0 Å². The van der Waals surface area contributed by atoms with E-state index in [9.17, 15) is 4.79 Å². The van der Waals surface area contributed by atoms with Crippen molar-refractivity contribution in [2.75, 3.05) is 0 Å². The molecule has 0 bridgehead atoms. The molecule has 2 nitrogen and oxygen atoms in total. The Hall–Kier alpha value is -1.71. The molecule has 3 aromatic rings. The topological polar surface area (TPSA) is 30.0 Å². The molecule has 20 heavy (non-hydrogen) atoms. The number of nitrogens with zero attached hydrogens (tertiary/aromatic N) is 1. The number of aromatic nitrogens is 1. The van der Waals surface area contributed by atoms with Crippen molar-refractivity contribution in [3.05, 3.63) is 75.5 Å². The lowest BCUT2D eigenvalue weighted by Gasteiger charge is -2.08. The second-order valence-electron chi connectivity index (χ2n) is 4.33. The van der Waals surface area contributed by atoms with Crippen molar-refractivity contribution < 1.29 is 4.79 Å². The van der Waals surface area contributed by atoms with Gasteiger partial charge in [-0.2, -0.15) is 0 Å². The van der Waals surface area contributed by atoms with E-state index in [-0.39, 0.29) is 5.78 Å². The molecule has 4 heteroatoms. The molecule has 0 spiro atoms. The summed E-state index contributed by atoms with van der Waals surface area (Å²) in [6.07, 6.45) is 3.43. The fourth-order valence-electron chi connectivity index (χ4n) is 2.14. The van der Waals surface area contributed by atoms with Crippen molar-refractivity contribution in [2.24, 2.45) is 0 Å². The second kappa shape index (κ2) is 5.35. The van der Waals surface area contributed by atoms with Crippen LogP contribution >= 0.6 is 27.5 Å². The number of ketones is 1. The monoisotopic (exact) mass is 345 g/mol. The minimum Gasteiger partial charge on any atom is -0.289 e. The van der Waals surface area contributed by atoms with E-state index in [1.165, 1.54) is 0 Å². The Bertz CT molecular complexity index is 811. The van der Waals surface area contributed by atoms with Crippen molar-refractivity contribution in [1.29, 1.82) is 0 Å². The average Bonchev–Trinajstić information content (AvgIpc) is 2.49. The molecule has 2 aromatic carbocycles. The maximum atomic E-state index is 12.7. The normalized spacial score (nSPS) is 10.7. The van der Waals surface area contributed by atoms with Crippen LogP contribution in [0.25, 0.3) is 10.8 Å². The van der Waals surface area contributed by atoms with Crippen LogP contribution in [0.5, 0.6) is 0 Å². The van der Waals surface area contributed by atoms with Crippen molar-refractivity contribution in [2.45, 2.75) is 0 Å². The van der Waals surface area contributed by atoms with E-state index in [1.807, 2.05) is 30.3 Å². The zero-order chi connectivity index (χ0) is 14.1. The van der Waals surface area contributed by atoms with Crippen molar-refractivity contribution in [3.63, 3.8) is 0 Å². The van der Waals surface area contributed by atoms with Gasteiger partial charge in [0.25, 0.3) is 0 Å². The van der Waals surface area contributed by atoms with Gasteiger partial charge in [0, 0.05) is 33.4 Å². The van der Waals surface area contributed by atoms with Crippen LogP contribution in [0.4, 0.5) is 0 Å². The van der Waals surface area contributed by atoms with Gasteiger partial charge in [-0.25, -0.2) is 0 Å². The first kappa shape index (κ1) is 13.3. The van der Waals surface area contributed by atoms with Gasteiger partial charge in [0.2, 0.25) is 0 Å². The summed E-state index contributed by atoms with van der Waals surface area (Å²) < 4.78 is 0.715. The quantitative estimate of drug-likeness (QED) is 0.619. The Morgan fingerprint density at radius 2 is 1.80 bits per heavy atom. The highest BCUT2D eigenvalue weighted by Crippen LogP contribution is 2.29. The summed E-state index contributed by atoms with van der Waals surface area (Å²) in [6, 6.07) is 12.8. The molecule has 3 rings (SSSR count). The van der Waals surface area contributed by atoms with E-state index in [0.29, 0.717) is 20.6 Å². The van der Waals surface area contributed by atoms with E-state index in [0.717, 1.165) is 10.8 Å². The molecule has 0 amide bonds. The molecule has 0 N–H and O–H groups in total. The SMILES string of the molecule is O=C(c1cccc(Br)c1Cl)c1cccc2cnccc12. The summed E-state index contributed by atoms with van der Waals surface area (Å²) in [5.41, 5.74) is 1.12. The molecule has 1 aromatic heterocycles. The van der Waals surface area contributed by atoms with Crippen molar-refractivity contribution in [3.8, 4) is 0 Å². The van der Waals surface area contributed by atoms with E-state index < -0.39 is 0 Å². The number of halogens is 2. The molecule has 0 saturated heterocycles. The molecule has 0 aliphatic heterocycles. The zero-order valence-corrected chi connectivity index (χ0v) is 12.6. The van der Waals surface area contributed by atoms with Gasteiger partial charge in [0.05, 0.1) is 5.02 Å². The highest BCUT2D eigenvalue weighted by Gasteiger charge is 2.16. The summed E-state index contributed by atoms with van der Waals surface area (Å²) >= 11 is 9.55. The van der Waals surface area contributed by atoms with Gasteiger partial charge >= 0.3 is 0 Å². The molecular formula is C16H9BrClNO. The highest BCUT2D eigenvalue weighted by molar-refractivity contribution is 9.10. The molecule has 0 saturated carbocycles. The van der Waals surface area contributed by atoms with E-state index >= 15 is 0 Å². The first-order valence-corrected chi connectivity index (χ1v) is 7.17. The lowest BCUT2D eigenvalue weighted by molar-refractivity contribution is 0.104. The predicted octanol–water partition coefficient (Wildman–Crippen LogP) is 4.88. The molecule has 1 heterocycles. The fraction of sp³-hybridized carbons (Fsp3) is 0. The Labute approximate surface area is 129 Å². The van der Waals surface area contributed by atoms with Crippen LogP contribution in [-0.4, -0.2) is 10.8 Å². The van der Waals surface area contributed by atoms with Crippen molar-refractivity contribution >= 4 is 44.1 Å². The Kier molecular flexibility index (Phi) is 3.55. The van der Waals surface area contributed by atoms with Crippen LogP contribution < -0.4 is 0 Å². The van der Waals surface area contributed by atoms with E-state index in [1.54, 1.807) is 24.5 Å². The summed E-state index contributed by atoms with van der Waals surface area (Å²) in [5, 5.41) is 2.25. The van der Waals surface area contributed by atoms with Gasteiger partial charge < -0.3 is 0 Å². The lowest BCUT2D eigenvalue weighted by Crippen LogP contribution is -2.03. The Morgan fingerprint density at radius 3 is 2.65 bits per heavy atom. The maximum absolute atomic E-state index is 12.7. The molecular weight excluding hydrogens is 338 g/mol. The fourth-order valence-corrected chi connectivity index (χ4v) is 2.72. The highest BCUT2D eigenvalue weighted by atomic mass is 79.9. The third-order valence-electron chi connectivity index (χ3n) is 3.12. The molecule has 0 radical (unpaired) electrons. The number of rotatable bonds is 2. The number of benzene rings is 2. The number of pyridine rings is 1. The third kappa shape index (κ3) is 2.23. The smallest absolute Gasteiger partial charge is 0.195 e. The predicted molar refractivity (Wildman–Crippen MR) is 84.3 cm³/mol. The number of hydrogen-bond acceptors (Lipinski definition) is 2. The molecule has 0 aliphatic rings. The second-order valence-corrected chi connectivity index (χ2v) is 5.57. The van der Waals surface area contributed by atoms with Crippen LogP contribution in [0.3, 0.4) is 0 Å². The van der Waals surface area contributed by atoms with Crippen LogP contribution in [0, 0.1) is 0 Å². The number of fused-ring (bicyclic) bond motifs is 1. The first-order valence-electron chi connectivity index (χ1n) is 6.00. The molecule has 0 aliphatic carbocycles. The standard InChI is InChI=1S/C16H9BrClNO/c17-14-6-2-5-13(15(14)18)16(20)12-4-1-3-10-9-19-8-7-11(10)12/h1-9H. The molecule has 0 unspecified atom stereocenters. The zero-order valence-electron chi connectivity index (χ0n) is 10.3. The minimum absolute atomic E-state index is 0.0897. The number of carbonyl (C=O) groups is 1. The summed E-state index contributed by atoms with van der Waals surface area (Å²) in [7, 11) is 0. The molecule has 0 fully saturated rings. The van der Waals surface area contributed by atoms with Crippen LogP contribution in [0.1, 0.15) is 15.9 Å².